The van der Waals surface area contributed by atoms with Crippen LogP contribution >= 0.6 is 0 Å². The van der Waals surface area contributed by atoms with Crippen LogP contribution in [0.5, 0.6) is 0 Å². The SMILES string of the molecule is C=C(Cc1ccccc1CC(=C)C(N)=O)C(N)=O. The smallest absolute Gasteiger partial charge is 0.244 e. The van der Waals surface area contributed by atoms with Gasteiger partial charge in [0.2, 0.25) is 11.8 Å². The minimum atomic E-state index is -0.529. The molecule has 0 fully saturated rings. The van der Waals surface area contributed by atoms with Gasteiger partial charge in [0.05, 0.1) is 0 Å². The van der Waals surface area contributed by atoms with Crippen molar-refractivity contribution in [3.05, 3.63) is 59.7 Å². The van der Waals surface area contributed by atoms with Gasteiger partial charge in [0.15, 0.2) is 0 Å². The average molecular weight is 244 g/mol. The van der Waals surface area contributed by atoms with Gasteiger partial charge in [-0.2, -0.15) is 0 Å². The van der Waals surface area contributed by atoms with Crippen molar-refractivity contribution in [3.63, 3.8) is 0 Å². The summed E-state index contributed by atoms with van der Waals surface area (Å²) in [5.41, 5.74) is 12.7. The minimum absolute atomic E-state index is 0.326. The molecule has 0 aromatic heterocycles. The zero-order valence-corrected chi connectivity index (χ0v) is 10.1. The van der Waals surface area contributed by atoms with Crippen LogP contribution in [0.2, 0.25) is 0 Å². The van der Waals surface area contributed by atoms with Crippen LogP contribution in [0.15, 0.2) is 48.6 Å². The first-order chi connectivity index (χ1) is 8.41. The van der Waals surface area contributed by atoms with E-state index in [2.05, 4.69) is 13.2 Å². The number of rotatable bonds is 6. The zero-order chi connectivity index (χ0) is 13.7. The first-order valence-corrected chi connectivity index (χ1v) is 5.43. The Kier molecular flexibility index (Phi) is 4.43. The largest absolute Gasteiger partial charge is 0.366 e. The minimum Gasteiger partial charge on any atom is -0.366 e. The van der Waals surface area contributed by atoms with Crippen molar-refractivity contribution in [3.8, 4) is 0 Å². The number of carbonyl (C=O) groups excluding carboxylic acids is 2. The van der Waals surface area contributed by atoms with Gasteiger partial charge in [-0.25, -0.2) is 0 Å². The summed E-state index contributed by atoms with van der Waals surface area (Å²) in [5, 5.41) is 0. The molecule has 4 nitrogen and oxygen atoms in total. The van der Waals surface area contributed by atoms with Crippen molar-refractivity contribution in [2.45, 2.75) is 12.8 Å². The number of amides is 2. The first-order valence-electron chi connectivity index (χ1n) is 5.43. The predicted molar refractivity (Wildman–Crippen MR) is 70.5 cm³/mol. The summed E-state index contributed by atoms with van der Waals surface area (Å²) in [7, 11) is 0. The van der Waals surface area contributed by atoms with Crippen LogP contribution in [0.4, 0.5) is 0 Å². The monoisotopic (exact) mass is 244 g/mol. The van der Waals surface area contributed by atoms with Gasteiger partial charge in [-0.05, 0) is 11.1 Å². The first kappa shape index (κ1) is 13.7. The lowest BCUT2D eigenvalue weighted by molar-refractivity contribution is -0.115. The van der Waals surface area contributed by atoms with Gasteiger partial charge in [0, 0.05) is 24.0 Å². The van der Waals surface area contributed by atoms with Crippen molar-refractivity contribution in [1.82, 2.24) is 0 Å². The maximum absolute atomic E-state index is 11.0. The van der Waals surface area contributed by atoms with Crippen molar-refractivity contribution in [1.29, 1.82) is 0 Å². The van der Waals surface area contributed by atoms with E-state index < -0.39 is 11.8 Å². The second-order valence-corrected chi connectivity index (χ2v) is 4.06. The van der Waals surface area contributed by atoms with Gasteiger partial charge in [-0.15, -0.1) is 0 Å². The van der Waals surface area contributed by atoms with Crippen LogP contribution in [0.3, 0.4) is 0 Å². The van der Waals surface area contributed by atoms with E-state index in [1.54, 1.807) is 0 Å². The maximum atomic E-state index is 11.0. The molecule has 0 bridgehead atoms. The third-order valence-electron chi connectivity index (χ3n) is 2.62. The Labute approximate surface area is 106 Å². The van der Waals surface area contributed by atoms with Gasteiger partial charge in [-0.3, -0.25) is 9.59 Å². The predicted octanol–water partition coefficient (Wildman–Crippen LogP) is 0.855. The molecule has 0 atom stereocenters. The summed E-state index contributed by atoms with van der Waals surface area (Å²) in [6.07, 6.45) is 0.717. The number of nitrogens with two attached hydrogens (primary N) is 2. The molecule has 4 N–H and O–H groups in total. The molecule has 0 unspecified atom stereocenters. The molecule has 0 saturated heterocycles. The van der Waals surface area contributed by atoms with E-state index in [0.29, 0.717) is 24.0 Å². The molecule has 0 radical (unpaired) electrons. The van der Waals surface area contributed by atoms with Crippen molar-refractivity contribution in [2.75, 3.05) is 0 Å². The van der Waals surface area contributed by atoms with Crippen molar-refractivity contribution in [2.24, 2.45) is 11.5 Å². The number of carbonyl (C=O) groups is 2. The highest BCUT2D eigenvalue weighted by Crippen LogP contribution is 2.16. The average Bonchev–Trinajstić information content (AvgIpc) is 2.31. The summed E-state index contributed by atoms with van der Waals surface area (Å²) >= 11 is 0. The van der Waals surface area contributed by atoms with Crippen LogP contribution in [0.1, 0.15) is 11.1 Å². The van der Waals surface area contributed by atoms with E-state index >= 15 is 0 Å². The molecule has 0 saturated carbocycles. The second kappa shape index (κ2) is 5.82. The lowest BCUT2D eigenvalue weighted by Gasteiger charge is -2.10. The zero-order valence-electron chi connectivity index (χ0n) is 10.1. The fraction of sp³-hybridized carbons (Fsp3) is 0.143. The van der Waals surface area contributed by atoms with Gasteiger partial charge >= 0.3 is 0 Å². The highest BCUT2D eigenvalue weighted by molar-refractivity contribution is 5.92. The van der Waals surface area contributed by atoms with Crippen LogP contribution < -0.4 is 11.5 Å². The molecule has 4 heteroatoms. The fourth-order valence-electron chi connectivity index (χ4n) is 1.54. The third-order valence-corrected chi connectivity index (χ3v) is 2.62. The number of primary amides is 2. The number of hydrogen-bond donors (Lipinski definition) is 2. The molecule has 1 rings (SSSR count). The Morgan fingerprint density at radius 1 is 0.889 bits per heavy atom. The van der Waals surface area contributed by atoms with E-state index in [1.165, 1.54) is 0 Å². The molecular formula is C14H16N2O2. The van der Waals surface area contributed by atoms with Crippen molar-refractivity contribution < 1.29 is 9.59 Å². The van der Waals surface area contributed by atoms with E-state index in [0.717, 1.165) is 11.1 Å². The lowest BCUT2D eigenvalue weighted by atomic mass is 9.96. The number of hydrogen-bond acceptors (Lipinski definition) is 2. The molecule has 0 aliphatic carbocycles. The fourth-order valence-corrected chi connectivity index (χ4v) is 1.54. The Morgan fingerprint density at radius 3 is 1.50 bits per heavy atom. The van der Waals surface area contributed by atoms with E-state index in [-0.39, 0.29) is 0 Å². The quantitative estimate of drug-likeness (QED) is 0.727. The highest BCUT2D eigenvalue weighted by atomic mass is 16.1. The Balaban J connectivity index is 2.93. The van der Waals surface area contributed by atoms with Crippen LogP contribution in [0, 0.1) is 0 Å². The summed E-state index contributed by atoms with van der Waals surface area (Å²) < 4.78 is 0. The van der Waals surface area contributed by atoms with E-state index in [9.17, 15) is 9.59 Å². The Morgan fingerprint density at radius 2 is 1.22 bits per heavy atom. The standard InChI is InChI=1S/C14H16N2O2/c1-9(13(15)17)7-11-5-3-4-6-12(11)8-10(2)14(16)18/h3-6H,1-2,7-8H2,(H2,15,17)(H2,16,18). The van der Waals surface area contributed by atoms with Crippen molar-refractivity contribution >= 4 is 11.8 Å². The second-order valence-electron chi connectivity index (χ2n) is 4.06. The maximum Gasteiger partial charge on any atom is 0.244 e. The van der Waals surface area contributed by atoms with E-state index in [4.69, 9.17) is 11.5 Å². The molecule has 18 heavy (non-hydrogen) atoms. The van der Waals surface area contributed by atoms with Crippen LogP contribution in [-0.2, 0) is 22.4 Å². The molecular weight excluding hydrogens is 228 g/mol. The molecule has 0 spiro atoms. The normalized spacial score (nSPS) is 9.78. The summed E-state index contributed by atoms with van der Waals surface area (Å²) in [5.74, 6) is -1.06. The summed E-state index contributed by atoms with van der Waals surface area (Å²) in [4.78, 5) is 22.0. The van der Waals surface area contributed by atoms with Gasteiger partial charge < -0.3 is 11.5 Å². The number of benzene rings is 1. The Hall–Kier alpha value is -2.36. The summed E-state index contributed by atoms with van der Waals surface area (Å²) in [6, 6.07) is 7.41. The molecule has 1 aromatic rings. The van der Waals surface area contributed by atoms with Gasteiger partial charge in [0.1, 0.15) is 0 Å². The van der Waals surface area contributed by atoms with Gasteiger partial charge in [0.25, 0.3) is 0 Å². The van der Waals surface area contributed by atoms with Crippen LogP contribution in [0.25, 0.3) is 0 Å². The summed E-state index contributed by atoms with van der Waals surface area (Å²) in [6.45, 7) is 7.23. The lowest BCUT2D eigenvalue weighted by Crippen LogP contribution is -2.17. The Bertz CT molecular complexity index is 471. The molecule has 0 heterocycles. The van der Waals surface area contributed by atoms with Gasteiger partial charge in [-0.1, -0.05) is 37.4 Å². The molecule has 94 valence electrons. The third kappa shape index (κ3) is 3.59. The van der Waals surface area contributed by atoms with E-state index in [1.807, 2.05) is 24.3 Å². The van der Waals surface area contributed by atoms with Crippen LogP contribution in [-0.4, -0.2) is 11.8 Å². The molecule has 0 aliphatic rings. The topological polar surface area (TPSA) is 86.2 Å². The molecule has 0 aliphatic heterocycles. The molecule has 1 aromatic carbocycles. The highest BCUT2D eigenvalue weighted by Gasteiger charge is 2.10. The molecule has 2 amide bonds.